The molecule has 1 fully saturated rings. The number of aromatic nitrogens is 1. The highest BCUT2D eigenvalue weighted by Gasteiger charge is 2.45. The minimum Gasteiger partial charge on any atom is -0.370 e. The van der Waals surface area contributed by atoms with Crippen LogP contribution < -0.4 is 5.32 Å². The Morgan fingerprint density at radius 2 is 2.00 bits per heavy atom. The van der Waals surface area contributed by atoms with E-state index in [1.54, 1.807) is 6.07 Å². The number of pyridine rings is 1. The fourth-order valence-electron chi connectivity index (χ4n) is 3.28. The summed E-state index contributed by atoms with van der Waals surface area (Å²) in [6.45, 7) is 3.96. The second kappa shape index (κ2) is 8.94. The van der Waals surface area contributed by atoms with Crippen molar-refractivity contribution in [3.05, 3.63) is 59.3 Å². The van der Waals surface area contributed by atoms with E-state index in [2.05, 4.69) is 10.3 Å². The second-order valence-electron chi connectivity index (χ2n) is 7.39. The monoisotopic (exact) mass is 391 g/mol. The number of nitrogens with zero attached hydrogens (tertiary/aromatic N) is 2. The van der Waals surface area contributed by atoms with Gasteiger partial charge in [0, 0.05) is 24.7 Å². The van der Waals surface area contributed by atoms with Gasteiger partial charge in [-0.05, 0) is 38.0 Å². The molecule has 5 nitrogen and oxygen atoms in total. The first-order valence-corrected chi connectivity index (χ1v) is 9.48. The highest BCUT2D eigenvalue weighted by molar-refractivity contribution is 5.35. The van der Waals surface area contributed by atoms with Gasteiger partial charge in [-0.3, -0.25) is 0 Å². The quantitative estimate of drug-likeness (QED) is 0.707. The van der Waals surface area contributed by atoms with Crippen LogP contribution in [0, 0.1) is 19.8 Å². The van der Waals surface area contributed by atoms with Crippen LogP contribution in [0.4, 0.5) is 14.6 Å². The van der Waals surface area contributed by atoms with Crippen LogP contribution in [0.3, 0.4) is 0 Å². The summed E-state index contributed by atoms with van der Waals surface area (Å²) in [6.07, 6.45) is -1.09. The average molecular weight is 391 g/mol. The Kier molecular flexibility index (Phi) is 6.59. The van der Waals surface area contributed by atoms with Crippen molar-refractivity contribution in [2.75, 3.05) is 25.0 Å². The molecule has 0 spiro atoms. The Balaban J connectivity index is 1.49. The number of piperidine rings is 1. The number of ether oxygens (including phenoxy) is 1. The molecule has 7 heteroatoms. The molecule has 2 aromatic rings. The van der Waals surface area contributed by atoms with Gasteiger partial charge < -0.3 is 15.2 Å². The van der Waals surface area contributed by atoms with Crippen molar-refractivity contribution in [3.8, 4) is 0 Å². The summed E-state index contributed by atoms with van der Waals surface area (Å²) in [4.78, 5) is 5.57. The van der Waals surface area contributed by atoms with E-state index >= 15 is 0 Å². The third kappa shape index (κ3) is 5.47. The lowest BCUT2D eigenvalue weighted by atomic mass is 9.93. The number of aryl methyl sites for hydroxylation is 2. The van der Waals surface area contributed by atoms with Gasteiger partial charge in [-0.25, -0.2) is 18.7 Å². The fourth-order valence-corrected chi connectivity index (χ4v) is 3.28. The van der Waals surface area contributed by atoms with Crippen LogP contribution in [0.15, 0.2) is 42.5 Å². The molecular formula is C21H27F2N3O2. The molecule has 1 aromatic carbocycles. The van der Waals surface area contributed by atoms with Gasteiger partial charge in [-0.1, -0.05) is 35.9 Å². The molecule has 0 bridgehead atoms. The van der Waals surface area contributed by atoms with Gasteiger partial charge in [0.05, 0.1) is 13.2 Å². The number of hydrogen-bond donors (Lipinski definition) is 2. The van der Waals surface area contributed by atoms with E-state index in [4.69, 9.17) is 4.74 Å². The van der Waals surface area contributed by atoms with Gasteiger partial charge in [0.1, 0.15) is 5.82 Å². The summed E-state index contributed by atoms with van der Waals surface area (Å²) in [6, 6.07) is 13.1. The number of likely N-dealkylation sites (tertiary alicyclic amines) is 1. The zero-order valence-corrected chi connectivity index (χ0v) is 16.2. The van der Waals surface area contributed by atoms with Crippen molar-refractivity contribution < 1.29 is 18.6 Å². The Morgan fingerprint density at radius 1 is 1.25 bits per heavy atom. The van der Waals surface area contributed by atoms with Crippen molar-refractivity contribution in [2.24, 2.45) is 5.92 Å². The van der Waals surface area contributed by atoms with Crippen molar-refractivity contribution >= 4 is 5.82 Å². The van der Waals surface area contributed by atoms with Gasteiger partial charge in [0.25, 0.3) is 5.92 Å². The van der Waals surface area contributed by atoms with Crippen molar-refractivity contribution in [1.82, 2.24) is 9.88 Å². The third-order valence-electron chi connectivity index (χ3n) is 5.03. The molecule has 1 aliphatic heterocycles. The molecule has 0 aliphatic carbocycles. The Morgan fingerprint density at radius 3 is 2.68 bits per heavy atom. The van der Waals surface area contributed by atoms with Crippen LogP contribution in [0.1, 0.15) is 23.2 Å². The summed E-state index contributed by atoms with van der Waals surface area (Å²) in [5, 5.41) is 13.2. The molecule has 2 N–H and O–H groups in total. The highest BCUT2D eigenvalue weighted by Crippen LogP contribution is 2.33. The zero-order valence-electron chi connectivity index (χ0n) is 16.2. The van der Waals surface area contributed by atoms with E-state index in [1.807, 2.05) is 50.2 Å². The summed E-state index contributed by atoms with van der Waals surface area (Å²) in [5.41, 5.74) is 2.85. The Labute approximate surface area is 164 Å². The van der Waals surface area contributed by atoms with Crippen molar-refractivity contribution in [1.29, 1.82) is 0 Å². The summed E-state index contributed by atoms with van der Waals surface area (Å²) >= 11 is 0. The molecule has 0 amide bonds. The number of hydrogen-bond acceptors (Lipinski definition) is 5. The van der Waals surface area contributed by atoms with Gasteiger partial charge in [0.15, 0.2) is 0 Å². The lowest BCUT2D eigenvalue weighted by Gasteiger charge is -2.40. The standard InChI is InChI=1S/C21H27F2N3O2/c1-15-6-8-17(9-7-15)13-28-20(27)26-11-10-18(21(22,23)14-26)12-24-19-5-3-4-16(2)25-19/h3-9,18,20,27H,10-14H2,1-2H3,(H,24,25)/t18-,20?/m1/s1. The zero-order chi connectivity index (χ0) is 20.1. The van der Waals surface area contributed by atoms with Gasteiger partial charge in [-0.15, -0.1) is 0 Å². The van der Waals surface area contributed by atoms with Gasteiger partial charge in [-0.2, -0.15) is 0 Å². The van der Waals surface area contributed by atoms with Crippen LogP contribution >= 0.6 is 0 Å². The smallest absolute Gasteiger partial charge is 0.265 e. The Hall–Kier alpha value is -2.09. The number of rotatable bonds is 7. The van der Waals surface area contributed by atoms with Crippen LogP contribution in [0.2, 0.25) is 0 Å². The summed E-state index contributed by atoms with van der Waals surface area (Å²) in [7, 11) is 0. The first kappa shape index (κ1) is 20.6. The molecule has 2 heterocycles. The fraction of sp³-hybridized carbons (Fsp3) is 0.476. The van der Waals surface area contributed by atoms with Crippen LogP contribution in [-0.4, -0.2) is 47.0 Å². The Bertz CT molecular complexity index is 771. The molecule has 2 atom stereocenters. The molecule has 1 aliphatic rings. The van der Waals surface area contributed by atoms with Gasteiger partial charge >= 0.3 is 0 Å². The SMILES string of the molecule is Cc1ccc(COC(O)N2CC[C@H](CNc3cccc(C)n3)C(F)(F)C2)cc1. The lowest BCUT2D eigenvalue weighted by molar-refractivity contribution is -0.236. The van der Waals surface area contributed by atoms with E-state index in [0.717, 1.165) is 16.8 Å². The molecule has 1 unspecified atom stereocenters. The number of aliphatic hydroxyl groups excluding tert-OH is 1. The predicted octanol–water partition coefficient (Wildman–Crippen LogP) is 3.56. The number of nitrogens with one attached hydrogen (secondary N) is 1. The topological polar surface area (TPSA) is 57.6 Å². The van der Waals surface area contributed by atoms with Crippen LogP contribution in [0.5, 0.6) is 0 Å². The summed E-state index contributed by atoms with van der Waals surface area (Å²) < 4.78 is 34.6. The molecule has 28 heavy (non-hydrogen) atoms. The molecular weight excluding hydrogens is 364 g/mol. The van der Waals surface area contributed by atoms with Crippen molar-refractivity contribution in [3.63, 3.8) is 0 Å². The average Bonchev–Trinajstić information content (AvgIpc) is 2.66. The van der Waals surface area contributed by atoms with E-state index in [0.29, 0.717) is 12.4 Å². The largest absolute Gasteiger partial charge is 0.370 e. The minimum absolute atomic E-state index is 0.137. The van der Waals surface area contributed by atoms with Gasteiger partial charge in [0.2, 0.25) is 6.41 Å². The molecule has 1 saturated heterocycles. The highest BCUT2D eigenvalue weighted by atomic mass is 19.3. The maximum absolute atomic E-state index is 14.6. The molecule has 3 rings (SSSR count). The maximum atomic E-state index is 14.6. The van der Waals surface area contributed by atoms with E-state index < -0.39 is 24.8 Å². The van der Waals surface area contributed by atoms with Crippen LogP contribution in [0.25, 0.3) is 0 Å². The number of anilines is 1. The number of halogens is 2. The van der Waals surface area contributed by atoms with Crippen LogP contribution in [-0.2, 0) is 11.3 Å². The first-order chi connectivity index (χ1) is 13.3. The molecule has 152 valence electrons. The molecule has 0 radical (unpaired) electrons. The second-order valence-corrected chi connectivity index (χ2v) is 7.39. The predicted molar refractivity (Wildman–Crippen MR) is 104 cm³/mol. The number of alkyl halides is 2. The molecule has 1 aromatic heterocycles. The lowest BCUT2D eigenvalue weighted by Crippen LogP contribution is -2.54. The number of aliphatic hydroxyl groups is 1. The van der Waals surface area contributed by atoms with E-state index in [-0.39, 0.29) is 19.6 Å². The number of benzene rings is 1. The third-order valence-corrected chi connectivity index (χ3v) is 5.03. The molecule has 0 saturated carbocycles. The summed E-state index contributed by atoms with van der Waals surface area (Å²) in [5.74, 6) is -3.15. The first-order valence-electron chi connectivity index (χ1n) is 9.48. The van der Waals surface area contributed by atoms with E-state index in [1.165, 1.54) is 4.90 Å². The minimum atomic E-state index is -2.93. The maximum Gasteiger partial charge on any atom is 0.265 e. The normalized spacial score (nSPS) is 20.7. The van der Waals surface area contributed by atoms with Crippen molar-refractivity contribution in [2.45, 2.75) is 39.2 Å². The van der Waals surface area contributed by atoms with E-state index in [9.17, 15) is 13.9 Å².